The second kappa shape index (κ2) is 5.88. The van der Waals surface area contributed by atoms with E-state index >= 15 is 0 Å². The molecule has 2 aromatic carbocycles. The molecule has 130 valence electrons. The van der Waals surface area contributed by atoms with Crippen LogP contribution >= 0.6 is 0 Å². The average molecular weight is 356 g/mol. The molecule has 0 aromatic heterocycles. The molecule has 6 heteroatoms. The quantitative estimate of drug-likeness (QED) is 0.795. The van der Waals surface area contributed by atoms with Crippen LogP contribution in [0.4, 0.5) is 10.5 Å². The second-order valence-electron chi connectivity index (χ2n) is 6.75. The highest BCUT2D eigenvalue weighted by Crippen LogP contribution is 2.36. The van der Waals surface area contributed by atoms with Crippen LogP contribution in [-0.2, 0) is 16.4 Å². The van der Waals surface area contributed by atoms with Crippen molar-refractivity contribution >= 4 is 21.6 Å². The molecule has 0 N–H and O–H groups in total. The van der Waals surface area contributed by atoms with Crippen molar-refractivity contribution in [1.29, 1.82) is 0 Å². The van der Waals surface area contributed by atoms with Gasteiger partial charge in [0.05, 0.1) is 23.6 Å². The summed E-state index contributed by atoms with van der Waals surface area (Å²) in [6, 6.07) is 16.5. The molecule has 2 saturated heterocycles. The molecule has 0 aliphatic carbocycles. The van der Waals surface area contributed by atoms with E-state index in [0.717, 1.165) is 16.8 Å². The molecule has 2 fully saturated rings. The largest absolute Gasteiger partial charge is 0.325 e. The number of anilines is 1. The van der Waals surface area contributed by atoms with Crippen molar-refractivity contribution in [3.8, 4) is 0 Å². The molecule has 25 heavy (non-hydrogen) atoms. The summed E-state index contributed by atoms with van der Waals surface area (Å²) in [7, 11) is -3.14. The summed E-state index contributed by atoms with van der Waals surface area (Å²) < 4.78 is 24.5. The van der Waals surface area contributed by atoms with Crippen LogP contribution in [0.25, 0.3) is 0 Å². The van der Waals surface area contributed by atoms with Crippen molar-refractivity contribution in [2.24, 2.45) is 0 Å². The molecule has 2 aliphatic heterocycles. The van der Waals surface area contributed by atoms with E-state index in [0.29, 0.717) is 6.54 Å². The molecular formula is C19H20N2O3S. The van der Waals surface area contributed by atoms with Crippen LogP contribution < -0.4 is 4.90 Å². The monoisotopic (exact) mass is 356 g/mol. The van der Waals surface area contributed by atoms with Crippen molar-refractivity contribution in [3.63, 3.8) is 0 Å². The minimum atomic E-state index is -3.14. The summed E-state index contributed by atoms with van der Waals surface area (Å²) in [5.74, 6) is 0.0706. The van der Waals surface area contributed by atoms with Crippen LogP contribution in [0.2, 0.25) is 0 Å². The third-order valence-electron chi connectivity index (χ3n) is 5.11. The third kappa shape index (κ3) is 2.80. The maximum Gasteiger partial charge on any atom is 0.325 e. The lowest BCUT2D eigenvalue weighted by molar-refractivity contribution is 0.205. The number of urea groups is 1. The molecular weight excluding hydrogens is 336 g/mol. The van der Waals surface area contributed by atoms with Crippen molar-refractivity contribution in [3.05, 3.63) is 65.7 Å². The number of amides is 2. The van der Waals surface area contributed by atoms with Crippen molar-refractivity contribution in [2.75, 3.05) is 16.4 Å². The van der Waals surface area contributed by atoms with Gasteiger partial charge in [0.25, 0.3) is 0 Å². The molecule has 2 aromatic rings. The second-order valence-corrected chi connectivity index (χ2v) is 8.91. The number of sulfone groups is 1. The number of carbonyl (C=O) groups is 1. The maximum atomic E-state index is 13.1. The first-order valence-electron chi connectivity index (χ1n) is 8.36. The topological polar surface area (TPSA) is 57.7 Å². The van der Waals surface area contributed by atoms with E-state index in [1.54, 1.807) is 9.80 Å². The van der Waals surface area contributed by atoms with Crippen LogP contribution in [0.3, 0.4) is 0 Å². The smallest absolute Gasteiger partial charge is 0.314 e. The number of fused-ring (bicyclic) bond motifs is 1. The first kappa shape index (κ1) is 16.1. The minimum Gasteiger partial charge on any atom is -0.314 e. The molecule has 2 atom stereocenters. The summed E-state index contributed by atoms with van der Waals surface area (Å²) >= 11 is 0. The molecule has 2 amide bonds. The van der Waals surface area contributed by atoms with Crippen LogP contribution in [0, 0.1) is 6.92 Å². The van der Waals surface area contributed by atoms with E-state index in [4.69, 9.17) is 0 Å². The molecule has 0 bridgehead atoms. The van der Waals surface area contributed by atoms with E-state index in [2.05, 4.69) is 0 Å². The lowest BCUT2D eigenvalue weighted by Gasteiger charge is -2.23. The first-order valence-corrected chi connectivity index (χ1v) is 10.2. The predicted octanol–water partition coefficient (Wildman–Crippen LogP) is 2.60. The van der Waals surface area contributed by atoms with Gasteiger partial charge >= 0.3 is 6.03 Å². The fourth-order valence-corrected chi connectivity index (χ4v) is 5.77. The Labute approximate surface area is 147 Å². The Morgan fingerprint density at radius 2 is 1.60 bits per heavy atom. The highest BCUT2D eigenvalue weighted by atomic mass is 32.2. The summed E-state index contributed by atoms with van der Waals surface area (Å²) in [5, 5.41) is 0. The number of benzene rings is 2. The van der Waals surface area contributed by atoms with E-state index in [9.17, 15) is 13.2 Å². The number of hydrogen-bond acceptors (Lipinski definition) is 3. The number of hydrogen-bond donors (Lipinski definition) is 0. The Morgan fingerprint density at radius 1 is 0.960 bits per heavy atom. The van der Waals surface area contributed by atoms with E-state index in [1.807, 2.05) is 61.5 Å². The van der Waals surface area contributed by atoms with E-state index in [-0.39, 0.29) is 29.6 Å². The van der Waals surface area contributed by atoms with Gasteiger partial charge in [0.1, 0.15) is 0 Å². The summed E-state index contributed by atoms with van der Waals surface area (Å²) in [6.45, 7) is 2.44. The van der Waals surface area contributed by atoms with Crippen LogP contribution in [0.15, 0.2) is 54.6 Å². The normalized spacial score (nSPS) is 24.6. The number of rotatable bonds is 3. The SMILES string of the molecule is Cc1ccccc1CN1C(=O)N(c2ccccc2)C2CS(=O)(=O)CC21. The fourth-order valence-electron chi connectivity index (χ4n) is 3.82. The number of para-hydroxylation sites is 1. The van der Waals surface area contributed by atoms with Crippen LogP contribution in [0.1, 0.15) is 11.1 Å². The Hall–Kier alpha value is -2.34. The summed E-state index contributed by atoms with van der Waals surface area (Å²) in [6.07, 6.45) is 0. The summed E-state index contributed by atoms with van der Waals surface area (Å²) in [5.41, 5.74) is 2.91. The van der Waals surface area contributed by atoms with Crippen molar-refractivity contribution < 1.29 is 13.2 Å². The Bertz CT molecular complexity index is 911. The van der Waals surface area contributed by atoms with Gasteiger partial charge in [0, 0.05) is 12.2 Å². The first-order chi connectivity index (χ1) is 12.0. The molecule has 4 rings (SSSR count). The number of carbonyl (C=O) groups excluding carboxylic acids is 1. The molecule has 0 saturated carbocycles. The van der Waals surface area contributed by atoms with Gasteiger partial charge in [-0.25, -0.2) is 13.2 Å². The van der Waals surface area contributed by atoms with Gasteiger partial charge in [-0.05, 0) is 30.2 Å². The predicted molar refractivity (Wildman–Crippen MR) is 97.3 cm³/mol. The zero-order valence-electron chi connectivity index (χ0n) is 14.0. The van der Waals surface area contributed by atoms with Crippen molar-refractivity contribution in [2.45, 2.75) is 25.6 Å². The zero-order valence-corrected chi connectivity index (χ0v) is 14.8. The van der Waals surface area contributed by atoms with Gasteiger partial charge in [-0.3, -0.25) is 4.90 Å². The average Bonchev–Trinajstić information content (AvgIpc) is 3.01. The van der Waals surface area contributed by atoms with Gasteiger partial charge in [0.15, 0.2) is 9.84 Å². The lowest BCUT2D eigenvalue weighted by atomic mass is 10.1. The molecule has 0 spiro atoms. The van der Waals surface area contributed by atoms with Gasteiger partial charge in [-0.2, -0.15) is 0 Å². The molecule has 2 aliphatic rings. The number of aryl methyl sites for hydroxylation is 1. The van der Waals surface area contributed by atoms with Crippen LogP contribution in [-0.4, -0.2) is 42.9 Å². The molecule has 2 heterocycles. The molecule has 5 nitrogen and oxygen atoms in total. The van der Waals surface area contributed by atoms with E-state index in [1.165, 1.54) is 0 Å². The minimum absolute atomic E-state index is 0.0303. The Morgan fingerprint density at radius 3 is 2.32 bits per heavy atom. The van der Waals surface area contributed by atoms with Crippen LogP contribution in [0.5, 0.6) is 0 Å². The Balaban J connectivity index is 1.72. The zero-order chi connectivity index (χ0) is 17.6. The Kier molecular flexibility index (Phi) is 3.80. The van der Waals surface area contributed by atoms with Gasteiger partial charge < -0.3 is 4.90 Å². The van der Waals surface area contributed by atoms with Gasteiger partial charge in [0.2, 0.25) is 0 Å². The molecule has 2 unspecified atom stereocenters. The third-order valence-corrected chi connectivity index (χ3v) is 6.81. The fraction of sp³-hybridized carbons (Fsp3) is 0.316. The van der Waals surface area contributed by atoms with Crippen molar-refractivity contribution in [1.82, 2.24) is 4.90 Å². The lowest BCUT2D eigenvalue weighted by Crippen LogP contribution is -2.37. The summed E-state index contributed by atoms with van der Waals surface area (Å²) in [4.78, 5) is 16.5. The molecule has 0 radical (unpaired) electrons. The standard InChI is InChI=1S/C19H20N2O3S/c1-14-7-5-6-8-15(14)11-20-17-12-25(23,24)13-18(17)21(19(20)22)16-9-3-2-4-10-16/h2-10,17-18H,11-13H2,1H3. The van der Waals surface area contributed by atoms with Gasteiger partial charge in [-0.15, -0.1) is 0 Å². The number of nitrogens with zero attached hydrogens (tertiary/aromatic N) is 2. The highest BCUT2D eigenvalue weighted by molar-refractivity contribution is 7.91. The van der Waals surface area contributed by atoms with Gasteiger partial charge in [-0.1, -0.05) is 42.5 Å². The highest BCUT2D eigenvalue weighted by Gasteiger charge is 2.53. The maximum absolute atomic E-state index is 13.1. The van der Waals surface area contributed by atoms with E-state index < -0.39 is 9.84 Å².